The van der Waals surface area contributed by atoms with Gasteiger partial charge in [0.25, 0.3) is 5.91 Å². The normalized spacial score (nSPS) is 11.1. The lowest BCUT2D eigenvalue weighted by Gasteiger charge is -2.09. The molecule has 0 aliphatic rings. The topological polar surface area (TPSA) is 51.2 Å². The highest BCUT2D eigenvalue weighted by molar-refractivity contribution is 7.22. The van der Waals surface area contributed by atoms with Gasteiger partial charge in [-0.25, -0.2) is 4.98 Å². The third-order valence-corrected chi connectivity index (χ3v) is 4.91. The Labute approximate surface area is 155 Å². The highest BCUT2D eigenvalue weighted by Gasteiger charge is 2.12. The number of nitrogens with one attached hydrogen (secondary N) is 1. The van der Waals surface area contributed by atoms with Crippen LogP contribution >= 0.6 is 22.9 Å². The second-order valence-electron chi connectivity index (χ2n) is 6.27. The molecule has 0 saturated carbocycles. The van der Waals surface area contributed by atoms with Gasteiger partial charge in [0.1, 0.15) is 5.75 Å². The zero-order valence-corrected chi connectivity index (χ0v) is 15.9. The van der Waals surface area contributed by atoms with Crippen LogP contribution in [0.1, 0.15) is 29.8 Å². The van der Waals surface area contributed by atoms with Gasteiger partial charge in [-0.15, -0.1) is 0 Å². The first-order chi connectivity index (χ1) is 11.9. The summed E-state index contributed by atoms with van der Waals surface area (Å²) in [7, 11) is 0. The molecule has 0 atom stereocenters. The van der Waals surface area contributed by atoms with E-state index >= 15 is 0 Å². The average Bonchev–Trinajstić information content (AvgIpc) is 2.94. The van der Waals surface area contributed by atoms with E-state index in [-0.39, 0.29) is 5.91 Å². The molecular weight excluding hydrogens is 356 g/mol. The Bertz CT molecular complexity index is 882. The van der Waals surface area contributed by atoms with Gasteiger partial charge < -0.3 is 4.74 Å². The lowest BCUT2D eigenvalue weighted by Crippen LogP contribution is -2.12. The molecule has 1 aromatic heterocycles. The number of hydrogen-bond donors (Lipinski definition) is 1. The molecule has 0 radical (unpaired) electrons. The van der Waals surface area contributed by atoms with Gasteiger partial charge in [0, 0.05) is 10.6 Å². The SMILES string of the molecule is Cc1cc2sc(NC(=O)c3cccc(OCC(C)C)c3)nc2cc1Cl. The maximum absolute atomic E-state index is 12.5. The Kier molecular flexibility index (Phi) is 5.25. The van der Waals surface area contributed by atoms with E-state index in [0.717, 1.165) is 15.8 Å². The molecular formula is C19H19ClN2O2S. The van der Waals surface area contributed by atoms with Crippen LogP contribution in [0.25, 0.3) is 10.2 Å². The van der Waals surface area contributed by atoms with Crippen LogP contribution in [-0.2, 0) is 0 Å². The smallest absolute Gasteiger partial charge is 0.257 e. The van der Waals surface area contributed by atoms with Crippen molar-refractivity contribution >= 4 is 44.2 Å². The lowest BCUT2D eigenvalue weighted by molar-refractivity contribution is 0.102. The van der Waals surface area contributed by atoms with E-state index in [4.69, 9.17) is 16.3 Å². The minimum Gasteiger partial charge on any atom is -0.493 e. The van der Waals surface area contributed by atoms with Crippen LogP contribution in [0.2, 0.25) is 5.02 Å². The number of fused-ring (bicyclic) bond motifs is 1. The van der Waals surface area contributed by atoms with Gasteiger partial charge in [-0.1, -0.05) is 42.9 Å². The van der Waals surface area contributed by atoms with Crippen LogP contribution < -0.4 is 10.1 Å². The summed E-state index contributed by atoms with van der Waals surface area (Å²) >= 11 is 7.56. The van der Waals surface area contributed by atoms with E-state index < -0.39 is 0 Å². The van der Waals surface area contributed by atoms with Gasteiger partial charge in [0.2, 0.25) is 0 Å². The molecule has 3 aromatic rings. The standard InChI is InChI=1S/C19H19ClN2O2S/c1-11(2)10-24-14-6-4-5-13(8-14)18(23)22-19-21-16-9-15(20)12(3)7-17(16)25-19/h4-9,11H,10H2,1-3H3,(H,21,22,23). The number of halogens is 1. The molecule has 1 heterocycles. The molecule has 0 spiro atoms. The highest BCUT2D eigenvalue weighted by atomic mass is 35.5. The van der Waals surface area contributed by atoms with Gasteiger partial charge in [-0.05, 0) is 48.7 Å². The fraction of sp³-hybridized carbons (Fsp3) is 0.263. The first-order valence-electron chi connectivity index (χ1n) is 8.03. The Morgan fingerprint density at radius 1 is 1.32 bits per heavy atom. The fourth-order valence-electron chi connectivity index (χ4n) is 2.26. The van der Waals surface area contributed by atoms with Crippen LogP contribution in [0.3, 0.4) is 0 Å². The quantitative estimate of drug-likeness (QED) is 0.637. The molecule has 1 N–H and O–H groups in total. The number of aryl methyl sites for hydroxylation is 1. The van der Waals surface area contributed by atoms with E-state index in [1.165, 1.54) is 11.3 Å². The Hall–Kier alpha value is -2.11. The predicted octanol–water partition coefficient (Wildman–Crippen LogP) is 5.55. The molecule has 0 aliphatic carbocycles. The maximum atomic E-state index is 12.5. The number of amides is 1. The van der Waals surface area contributed by atoms with Gasteiger partial charge in [-0.3, -0.25) is 10.1 Å². The first kappa shape index (κ1) is 17.7. The minimum atomic E-state index is -0.211. The third kappa shape index (κ3) is 4.30. The van der Waals surface area contributed by atoms with Crippen molar-refractivity contribution in [2.24, 2.45) is 5.92 Å². The number of carbonyl (C=O) groups is 1. The Morgan fingerprint density at radius 2 is 2.12 bits per heavy atom. The van der Waals surface area contributed by atoms with E-state index in [9.17, 15) is 4.79 Å². The third-order valence-electron chi connectivity index (χ3n) is 3.57. The van der Waals surface area contributed by atoms with Crippen molar-refractivity contribution in [2.75, 3.05) is 11.9 Å². The van der Waals surface area contributed by atoms with Gasteiger partial charge >= 0.3 is 0 Å². The zero-order valence-electron chi connectivity index (χ0n) is 14.3. The Balaban J connectivity index is 1.77. The lowest BCUT2D eigenvalue weighted by atomic mass is 10.2. The molecule has 0 bridgehead atoms. The number of thiazole rings is 1. The maximum Gasteiger partial charge on any atom is 0.257 e. The van der Waals surface area contributed by atoms with Crippen LogP contribution in [0.4, 0.5) is 5.13 Å². The molecule has 0 saturated heterocycles. The summed E-state index contributed by atoms with van der Waals surface area (Å²) in [5.74, 6) is 0.903. The zero-order chi connectivity index (χ0) is 18.0. The summed E-state index contributed by atoms with van der Waals surface area (Å²) in [5.41, 5.74) is 2.31. The summed E-state index contributed by atoms with van der Waals surface area (Å²) in [5, 5.41) is 4.07. The summed E-state index contributed by atoms with van der Waals surface area (Å²) in [6.07, 6.45) is 0. The molecule has 0 fully saturated rings. The van der Waals surface area contributed by atoms with E-state index in [1.54, 1.807) is 12.1 Å². The number of anilines is 1. The number of benzene rings is 2. The highest BCUT2D eigenvalue weighted by Crippen LogP contribution is 2.30. The number of aromatic nitrogens is 1. The number of hydrogen-bond acceptors (Lipinski definition) is 4. The van der Waals surface area contributed by atoms with Crippen molar-refractivity contribution in [3.05, 3.63) is 52.5 Å². The Morgan fingerprint density at radius 3 is 2.88 bits per heavy atom. The second-order valence-corrected chi connectivity index (χ2v) is 7.71. The molecule has 0 aliphatic heterocycles. The van der Waals surface area contributed by atoms with Crippen molar-refractivity contribution in [3.63, 3.8) is 0 Å². The van der Waals surface area contributed by atoms with Gasteiger partial charge in [0.05, 0.1) is 16.8 Å². The number of rotatable bonds is 5. The van der Waals surface area contributed by atoms with Crippen LogP contribution in [-0.4, -0.2) is 17.5 Å². The van der Waals surface area contributed by atoms with Crippen molar-refractivity contribution in [2.45, 2.75) is 20.8 Å². The summed E-state index contributed by atoms with van der Waals surface area (Å²) in [4.78, 5) is 16.9. The molecule has 130 valence electrons. The number of ether oxygens (including phenoxy) is 1. The largest absolute Gasteiger partial charge is 0.493 e. The summed E-state index contributed by atoms with van der Waals surface area (Å²) in [6, 6.07) is 11.0. The molecule has 3 rings (SSSR count). The second kappa shape index (κ2) is 7.42. The van der Waals surface area contributed by atoms with Crippen molar-refractivity contribution in [3.8, 4) is 5.75 Å². The number of carbonyl (C=O) groups excluding carboxylic acids is 1. The molecule has 2 aromatic carbocycles. The van der Waals surface area contributed by atoms with Crippen molar-refractivity contribution in [1.82, 2.24) is 4.98 Å². The van der Waals surface area contributed by atoms with Gasteiger partial charge in [-0.2, -0.15) is 0 Å². The fourth-order valence-corrected chi connectivity index (χ4v) is 3.36. The number of nitrogens with zero attached hydrogens (tertiary/aromatic N) is 1. The molecule has 25 heavy (non-hydrogen) atoms. The van der Waals surface area contributed by atoms with Crippen LogP contribution in [0, 0.1) is 12.8 Å². The minimum absolute atomic E-state index is 0.211. The first-order valence-corrected chi connectivity index (χ1v) is 9.22. The van der Waals surface area contributed by atoms with Crippen LogP contribution in [0.5, 0.6) is 5.75 Å². The van der Waals surface area contributed by atoms with Crippen molar-refractivity contribution < 1.29 is 9.53 Å². The average molecular weight is 375 g/mol. The predicted molar refractivity (Wildman–Crippen MR) is 104 cm³/mol. The molecule has 6 heteroatoms. The summed E-state index contributed by atoms with van der Waals surface area (Å²) < 4.78 is 6.67. The van der Waals surface area contributed by atoms with Crippen LogP contribution in [0.15, 0.2) is 36.4 Å². The van der Waals surface area contributed by atoms with E-state index in [0.29, 0.717) is 34.0 Å². The molecule has 1 amide bonds. The monoisotopic (exact) mass is 374 g/mol. The van der Waals surface area contributed by atoms with E-state index in [1.807, 2.05) is 31.2 Å². The van der Waals surface area contributed by atoms with Crippen molar-refractivity contribution in [1.29, 1.82) is 0 Å². The van der Waals surface area contributed by atoms with Gasteiger partial charge in [0.15, 0.2) is 5.13 Å². The molecule has 4 nitrogen and oxygen atoms in total. The van der Waals surface area contributed by atoms with E-state index in [2.05, 4.69) is 24.1 Å². The summed E-state index contributed by atoms with van der Waals surface area (Å²) in [6.45, 7) is 6.72. The molecule has 0 unspecified atom stereocenters.